The molecule has 5 aromatic rings. The number of anilines is 1. The summed E-state index contributed by atoms with van der Waals surface area (Å²) in [6.45, 7) is 4.07. The molecular formula is C29H24BrN3O3S. The number of halogens is 1. The number of carbonyl (C=O) groups excluding carboxylic acids is 1. The highest BCUT2D eigenvalue weighted by Crippen LogP contribution is 2.36. The van der Waals surface area contributed by atoms with Gasteiger partial charge in [-0.1, -0.05) is 43.3 Å². The summed E-state index contributed by atoms with van der Waals surface area (Å²) in [5.74, 6) is 0.590. The molecule has 0 aliphatic carbocycles. The molecule has 0 atom stereocenters. The standard InChI is InChI=1S/C29H24BrN3O3S/c1-4-17-10-12-24-23(13-17)31-28(36-24)19-11-9-16(2)22(15-19)32-29(37)33-27(34)21-14-18-7-5-6-8-20(18)25(30)26(21)35-3/h5-15H,4H2,1-3H3,(H2,32,33,34,37). The summed E-state index contributed by atoms with van der Waals surface area (Å²) in [5.41, 5.74) is 5.64. The molecule has 37 heavy (non-hydrogen) atoms. The van der Waals surface area contributed by atoms with Crippen molar-refractivity contribution in [3.63, 3.8) is 0 Å². The van der Waals surface area contributed by atoms with Crippen molar-refractivity contribution in [1.82, 2.24) is 10.3 Å². The largest absolute Gasteiger partial charge is 0.495 e. The van der Waals surface area contributed by atoms with Gasteiger partial charge in [-0.2, -0.15) is 0 Å². The van der Waals surface area contributed by atoms with Crippen LogP contribution in [-0.2, 0) is 6.42 Å². The molecule has 4 aromatic carbocycles. The van der Waals surface area contributed by atoms with Gasteiger partial charge in [0.25, 0.3) is 5.91 Å². The zero-order valence-corrected chi connectivity index (χ0v) is 22.9. The van der Waals surface area contributed by atoms with Crippen molar-refractivity contribution in [3.8, 4) is 17.2 Å². The van der Waals surface area contributed by atoms with Gasteiger partial charge in [-0.15, -0.1) is 0 Å². The zero-order valence-electron chi connectivity index (χ0n) is 20.5. The number of benzene rings is 4. The normalized spacial score (nSPS) is 11.0. The topological polar surface area (TPSA) is 76.4 Å². The second-order valence-corrected chi connectivity index (χ2v) is 9.81. The van der Waals surface area contributed by atoms with Gasteiger partial charge < -0.3 is 14.5 Å². The third kappa shape index (κ3) is 4.95. The number of nitrogens with one attached hydrogen (secondary N) is 2. The second kappa shape index (κ2) is 10.3. The van der Waals surface area contributed by atoms with Crippen LogP contribution in [0.4, 0.5) is 5.69 Å². The molecule has 2 N–H and O–H groups in total. The fourth-order valence-electron chi connectivity index (χ4n) is 4.18. The number of ether oxygens (including phenoxy) is 1. The number of carbonyl (C=O) groups is 1. The summed E-state index contributed by atoms with van der Waals surface area (Å²) < 4.78 is 12.2. The Hall–Kier alpha value is -3.75. The first-order chi connectivity index (χ1) is 17.9. The zero-order chi connectivity index (χ0) is 26.1. The number of nitrogens with zero attached hydrogens (tertiary/aromatic N) is 1. The molecule has 0 saturated carbocycles. The average molecular weight is 575 g/mol. The number of thiocarbonyl (C=S) groups is 1. The lowest BCUT2D eigenvalue weighted by atomic mass is 10.1. The monoisotopic (exact) mass is 573 g/mol. The van der Waals surface area contributed by atoms with Crippen LogP contribution in [0.25, 0.3) is 33.3 Å². The molecule has 0 fully saturated rings. The van der Waals surface area contributed by atoms with Crippen molar-refractivity contribution in [3.05, 3.63) is 87.9 Å². The predicted octanol–water partition coefficient (Wildman–Crippen LogP) is 7.42. The van der Waals surface area contributed by atoms with Crippen LogP contribution in [0.5, 0.6) is 5.75 Å². The van der Waals surface area contributed by atoms with Crippen molar-refractivity contribution in [2.24, 2.45) is 0 Å². The maximum absolute atomic E-state index is 13.2. The number of fused-ring (bicyclic) bond motifs is 2. The lowest BCUT2D eigenvalue weighted by Crippen LogP contribution is -2.34. The van der Waals surface area contributed by atoms with E-state index >= 15 is 0 Å². The maximum atomic E-state index is 13.2. The minimum Gasteiger partial charge on any atom is -0.495 e. The summed E-state index contributed by atoms with van der Waals surface area (Å²) in [5, 5.41) is 7.94. The third-order valence-electron chi connectivity index (χ3n) is 6.21. The van der Waals surface area contributed by atoms with Crippen LogP contribution < -0.4 is 15.4 Å². The van der Waals surface area contributed by atoms with Crippen molar-refractivity contribution in [1.29, 1.82) is 0 Å². The fraction of sp³-hybridized carbons (Fsp3) is 0.138. The van der Waals surface area contributed by atoms with Gasteiger partial charge in [-0.3, -0.25) is 10.1 Å². The van der Waals surface area contributed by atoms with Crippen LogP contribution in [0.1, 0.15) is 28.4 Å². The number of hydrogen-bond donors (Lipinski definition) is 2. The van der Waals surface area contributed by atoms with Crippen molar-refractivity contribution >= 4 is 66.7 Å². The molecule has 0 aliphatic rings. The molecule has 5 rings (SSSR count). The minimum atomic E-state index is -0.375. The van der Waals surface area contributed by atoms with Gasteiger partial charge in [0.1, 0.15) is 11.3 Å². The van der Waals surface area contributed by atoms with Gasteiger partial charge in [0.15, 0.2) is 10.7 Å². The van der Waals surface area contributed by atoms with Crippen LogP contribution >= 0.6 is 28.1 Å². The van der Waals surface area contributed by atoms with Crippen LogP contribution in [0.3, 0.4) is 0 Å². The summed E-state index contributed by atoms with van der Waals surface area (Å²) in [7, 11) is 1.53. The molecule has 186 valence electrons. The molecule has 0 bridgehead atoms. The van der Waals surface area contributed by atoms with E-state index in [2.05, 4.69) is 38.5 Å². The predicted molar refractivity (Wildman–Crippen MR) is 155 cm³/mol. The lowest BCUT2D eigenvalue weighted by Gasteiger charge is -2.15. The summed E-state index contributed by atoms with van der Waals surface area (Å²) in [6, 6.07) is 21.4. The van der Waals surface area contributed by atoms with E-state index in [0.29, 0.717) is 21.7 Å². The quantitative estimate of drug-likeness (QED) is 0.213. The maximum Gasteiger partial charge on any atom is 0.261 e. The first-order valence-corrected chi connectivity index (χ1v) is 13.0. The van der Waals surface area contributed by atoms with E-state index in [0.717, 1.165) is 45.1 Å². The molecule has 1 amide bonds. The van der Waals surface area contributed by atoms with Gasteiger partial charge in [-0.25, -0.2) is 4.98 Å². The Kier molecular flexibility index (Phi) is 6.95. The summed E-state index contributed by atoms with van der Waals surface area (Å²) in [4.78, 5) is 17.8. The van der Waals surface area contributed by atoms with Gasteiger partial charge in [0.2, 0.25) is 5.89 Å². The van der Waals surface area contributed by atoms with Gasteiger partial charge in [-0.05, 0) is 93.7 Å². The summed E-state index contributed by atoms with van der Waals surface area (Å²) >= 11 is 9.06. The lowest BCUT2D eigenvalue weighted by molar-refractivity contribution is 0.0975. The van der Waals surface area contributed by atoms with E-state index in [4.69, 9.17) is 21.4 Å². The Morgan fingerprint density at radius 3 is 2.70 bits per heavy atom. The number of rotatable bonds is 5. The fourth-order valence-corrected chi connectivity index (χ4v) is 5.12. The Morgan fingerprint density at radius 1 is 1.11 bits per heavy atom. The molecule has 0 spiro atoms. The van der Waals surface area contributed by atoms with Crippen LogP contribution in [0.2, 0.25) is 0 Å². The van der Waals surface area contributed by atoms with Gasteiger partial charge >= 0.3 is 0 Å². The number of hydrogen-bond acceptors (Lipinski definition) is 5. The van der Waals surface area contributed by atoms with E-state index < -0.39 is 0 Å². The first-order valence-electron chi connectivity index (χ1n) is 11.8. The molecule has 1 heterocycles. The number of methoxy groups -OCH3 is 1. The molecular weight excluding hydrogens is 550 g/mol. The van der Waals surface area contributed by atoms with E-state index in [1.165, 1.54) is 12.7 Å². The molecule has 1 aromatic heterocycles. The molecule has 0 saturated heterocycles. The van der Waals surface area contributed by atoms with Crippen molar-refractivity contribution < 1.29 is 13.9 Å². The van der Waals surface area contributed by atoms with E-state index in [-0.39, 0.29) is 11.0 Å². The Labute approximate surface area is 228 Å². The van der Waals surface area contributed by atoms with Gasteiger partial charge in [0, 0.05) is 11.3 Å². The number of oxazole rings is 1. The molecule has 8 heteroatoms. The molecule has 0 aliphatic heterocycles. The minimum absolute atomic E-state index is 0.168. The van der Waals surface area contributed by atoms with E-state index in [9.17, 15) is 4.79 Å². The van der Waals surface area contributed by atoms with Gasteiger partial charge in [0.05, 0.1) is 17.1 Å². The number of aryl methyl sites for hydroxylation is 2. The molecule has 0 unspecified atom stereocenters. The van der Waals surface area contributed by atoms with Crippen LogP contribution in [0.15, 0.2) is 75.6 Å². The molecule has 6 nitrogen and oxygen atoms in total. The third-order valence-corrected chi connectivity index (χ3v) is 7.20. The van der Waals surface area contributed by atoms with E-state index in [1.54, 1.807) is 6.07 Å². The van der Waals surface area contributed by atoms with Crippen LogP contribution in [0, 0.1) is 6.92 Å². The highest BCUT2D eigenvalue weighted by Gasteiger charge is 2.19. The average Bonchev–Trinajstić information content (AvgIpc) is 3.33. The van der Waals surface area contributed by atoms with Crippen LogP contribution in [-0.4, -0.2) is 23.1 Å². The number of amides is 1. The van der Waals surface area contributed by atoms with E-state index in [1.807, 2.05) is 67.6 Å². The Morgan fingerprint density at radius 2 is 1.92 bits per heavy atom. The summed E-state index contributed by atoms with van der Waals surface area (Å²) in [6.07, 6.45) is 0.932. The second-order valence-electron chi connectivity index (χ2n) is 8.61. The first kappa shape index (κ1) is 24.9. The van der Waals surface area contributed by atoms with Crippen molar-refractivity contribution in [2.45, 2.75) is 20.3 Å². The Bertz CT molecular complexity index is 1680. The SMILES string of the molecule is CCc1ccc2oc(-c3ccc(C)c(NC(=S)NC(=O)c4cc5ccccc5c(Br)c4OC)c3)nc2c1. The highest BCUT2D eigenvalue weighted by atomic mass is 79.9. The molecule has 0 radical (unpaired) electrons. The number of aromatic nitrogens is 1. The highest BCUT2D eigenvalue weighted by molar-refractivity contribution is 9.10. The van der Waals surface area contributed by atoms with Crippen molar-refractivity contribution in [2.75, 3.05) is 12.4 Å². The smallest absolute Gasteiger partial charge is 0.261 e. The Balaban J connectivity index is 1.38.